The van der Waals surface area contributed by atoms with E-state index < -0.39 is 0 Å². The number of benzene rings is 1. The molecule has 6 heteroatoms. The molecular weight excluding hydrogens is 328 g/mol. The number of carbonyl (C=O) groups is 1. The Kier molecular flexibility index (Phi) is 4.91. The van der Waals surface area contributed by atoms with Crippen LogP contribution in [0.25, 0.3) is 11.0 Å². The summed E-state index contributed by atoms with van der Waals surface area (Å²) in [6.07, 6.45) is 4.21. The lowest BCUT2D eigenvalue weighted by atomic mass is 9.96. The molecule has 2 fully saturated rings. The van der Waals surface area contributed by atoms with Crippen molar-refractivity contribution in [3.63, 3.8) is 0 Å². The number of aromatic nitrogens is 2. The maximum Gasteiger partial charge on any atom is 0.258 e. The van der Waals surface area contributed by atoms with E-state index in [1.165, 1.54) is 0 Å². The molecule has 1 aromatic heterocycles. The molecule has 1 unspecified atom stereocenters. The minimum absolute atomic E-state index is 0.0459. The van der Waals surface area contributed by atoms with Crippen LogP contribution in [-0.4, -0.2) is 53.6 Å². The molecule has 2 aromatic rings. The third kappa shape index (κ3) is 3.32. The Morgan fingerprint density at radius 3 is 2.58 bits per heavy atom. The van der Waals surface area contributed by atoms with E-state index in [1.807, 2.05) is 36.1 Å². The number of ether oxygens (including phenoxy) is 1. The molecule has 1 aromatic carbocycles. The molecule has 0 spiro atoms. The number of anilines is 1. The first-order valence-electron chi connectivity index (χ1n) is 9.69. The molecular formula is C20H26N4O2. The summed E-state index contributed by atoms with van der Waals surface area (Å²) in [5.41, 5.74) is 1.69. The van der Waals surface area contributed by atoms with Crippen molar-refractivity contribution in [1.82, 2.24) is 14.9 Å². The van der Waals surface area contributed by atoms with Gasteiger partial charge in [0.25, 0.3) is 5.88 Å². The minimum atomic E-state index is 0.0459. The van der Waals surface area contributed by atoms with Crippen molar-refractivity contribution < 1.29 is 9.53 Å². The Morgan fingerprint density at radius 2 is 1.85 bits per heavy atom. The van der Waals surface area contributed by atoms with Gasteiger partial charge in [-0.15, -0.1) is 0 Å². The van der Waals surface area contributed by atoms with Gasteiger partial charge in [-0.3, -0.25) is 4.79 Å². The molecule has 2 aliphatic rings. The zero-order chi connectivity index (χ0) is 17.9. The zero-order valence-electron chi connectivity index (χ0n) is 15.4. The standard InChI is InChI=1S/C20H26N4O2/c1-2-26-19-18(21-16-9-3-4-10-17(16)22-19)24-13-7-8-15(14-24)20(25)23-11-5-6-12-23/h3-4,9-10,15H,2,5-8,11-14H2,1H3. The first kappa shape index (κ1) is 17.1. The van der Waals surface area contributed by atoms with Gasteiger partial charge in [-0.05, 0) is 44.7 Å². The molecule has 4 rings (SSSR count). The van der Waals surface area contributed by atoms with Crippen LogP contribution < -0.4 is 9.64 Å². The van der Waals surface area contributed by atoms with Crippen LogP contribution in [0, 0.1) is 5.92 Å². The number of piperidine rings is 1. The van der Waals surface area contributed by atoms with Gasteiger partial charge in [0.2, 0.25) is 5.91 Å². The second-order valence-corrected chi connectivity index (χ2v) is 7.09. The van der Waals surface area contributed by atoms with Crippen molar-refractivity contribution in [3.05, 3.63) is 24.3 Å². The minimum Gasteiger partial charge on any atom is -0.475 e. The van der Waals surface area contributed by atoms with Gasteiger partial charge in [0.15, 0.2) is 5.82 Å². The highest BCUT2D eigenvalue weighted by Crippen LogP contribution is 2.31. The molecule has 138 valence electrons. The Hall–Kier alpha value is -2.37. The molecule has 2 saturated heterocycles. The molecule has 0 bridgehead atoms. The lowest BCUT2D eigenvalue weighted by molar-refractivity contribution is -0.134. The van der Waals surface area contributed by atoms with Gasteiger partial charge in [0, 0.05) is 26.2 Å². The predicted octanol–water partition coefficient (Wildman–Crippen LogP) is 2.87. The number of para-hydroxylation sites is 2. The lowest BCUT2D eigenvalue weighted by Crippen LogP contribution is -2.44. The van der Waals surface area contributed by atoms with E-state index in [9.17, 15) is 4.79 Å². The summed E-state index contributed by atoms with van der Waals surface area (Å²) in [7, 11) is 0. The van der Waals surface area contributed by atoms with Crippen molar-refractivity contribution in [1.29, 1.82) is 0 Å². The molecule has 0 aliphatic carbocycles. The monoisotopic (exact) mass is 354 g/mol. The molecule has 0 radical (unpaired) electrons. The number of fused-ring (bicyclic) bond motifs is 1. The van der Waals surface area contributed by atoms with E-state index in [0.717, 1.165) is 62.2 Å². The SMILES string of the molecule is CCOc1nc2ccccc2nc1N1CCCC(C(=O)N2CCCC2)C1. The topological polar surface area (TPSA) is 58.6 Å². The number of hydrogen-bond donors (Lipinski definition) is 0. The van der Waals surface area contributed by atoms with Gasteiger partial charge >= 0.3 is 0 Å². The molecule has 3 heterocycles. The predicted molar refractivity (Wildman–Crippen MR) is 101 cm³/mol. The quantitative estimate of drug-likeness (QED) is 0.845. The average Bonchev–Trinajstić information content (AvgIpc) is 3.22. The first-order chi connectivity index (χ1) is 12.8. The third-order valence-corrected chi connectivity index (χ3v) is 5.29. The van der Waals surface area contributed by atoms with Gasteiger partial charge < -0.3 is 14.5 Å². The van der Waals surface area contributed by atoms with Gasteiger partial charge in [0.05, 0.1) is 23.6 Å². The van der Waals surface area contributed by atoms with Crippen LogP contribution in [0.1, 0.15) is 32.6 Å². The van der Waals surface area contributed by atoms with E-state index in [4.69, 9.17) is 9.72 Å². The van der Waals surface area contributed by atoms with Crippen LogP contribution in [0.15, 0.2) is 24.3 Å². The Bertz CT molecular complexity index is 788. The summed E-state index contributed by atoms with van der Waals surface area (Å²) in [6, 6.07) is 7.85. The fourth-order valence-corrected chi connectivity index (χ4v) is 3.98. The van der Waals surface area contributed by atoms with Crippen LogP contribution >= 0.6 is 0 Å². The Labute approximate surface area is 154 Å². The Balaban J connectivity index is 1.61. The van der Waals surface area contributed by atoms with Crippen LogP contribution in [0.5, 0.6) is 5.88 Å². The number of carbonyl (C=O) groups excluding carboxylic acids is 1. The number of nitrogens with zero attached hydrogens (tertiary/aromatic N) is 4. The average molecular weight is 354 g/mol. The molecule has 6 nitrogen and oxygen atoms in total. The number of hydrogen-bond acceptors (Lipinski definition) is 5. The van der Waals surface area contributed by atoms with Gasteiger partial charge in [-0.1, -0.05) is 12.1 Å². The molecule has 0 N–H and O–H groups in total. The summed E-state index contributed by atoms with van der Waals surface area (Å²) in [5.74, 6) is 1.69. The summed E-state index contributed by atoms with van der Waals surface area (Å²) in [4.78, 5) is 26.5. The van der Waals surface area contributed by atoms with E-state index >= 15 is 0 Å². The van der Waals surface area contributed by atoms with Crippen LogP contribution in [0.4, 0.5) is 5.82 Å². The smallest absolute Gasteiger partial charge is 0.258 e. The van der Waals surface area contributed by atoms with Crippen molar-refractivity contribution in [2.45, 2.75) is 32.6 Å². The number of likely N-dealkylation sites (tertiary alicyclic amines) is 1. The fraction of sp³-hybridized carbons (Fsp3) is 0.550. The van der Waals surface area contributed by atoms with Crippen molar-refractivity contribution in [2.24, 2.45) is 5.92 Å². The third-order valence-electron chi connectivity index (χ3n) is 5.29. The molecule has 2 aliphatic heterocycles. The summed E-state index contributed by atoms with van der Waals surface area (Å²) in [5, 5.41) is 0. The van der Waals surface area contributed by atoms with Crippen molar-refractivity contribution >= 4 is 22.8 Å². The first-order valence-corrected chi connectivity index (χ1v) is 9.69. The van der Waals surface area contributed by atoms with Crippen LogP contribution in [-0.2, 0) is 4.79 Å². The number of amides is 1. The highest BCUT2D eigenvalue weighted by Gasteiger charge is 2.32. The molecule has 1 amide bonds. The van der Waals surface area contributed by atoms with E-state index in [0.29, 0.717) is 24.9 Å². The summed E-state index contributed by atoms with van der Waals surface area (Å²) >= 11 is 0. The van der Waals surface area contributed by atoms with Crippen molar-refractivity contribution in [3.8, 4) is 5.88 Å². The molecule has 0 saturated carbocycles. The largest absolute Gasteiger partial charge is 0.475 e. The van der Waals surface area contributed by atoms with Gasteiger partial charge in [-0.25, -0.2) is 9.97 Å². The van der Waals surface area contributed by atoms with Gasteiger partial charge in [0.1, 0.15) is 0 Å². The van der Waals surface area contributed by atoms with E-state index in [2.05, 4.69) is 9.88 Å². The highest BCUT2D eigenvalue weighted by molar-refractivity contribution is 5.81. The van der Waals surface area contributed by atoms with E-state index in [1.54, 1.807) is 0 Å². The summed E-state index contributed by atoms with van der Waals surface area (Å²) in [6.45, 7) is 5.91. The summed E-state index contributed by atoms with van der Waals surface area (Å²) < 4.78 is 5.78. The second kappa shape index (κ2) is 7.48. The van der Waals surface area contributed by atoms with E-state index in [-0.39, 0.29) is 5.92 Å². The maximum absolute atomic E-state index is 12.8. The highest BCUT2D eigenvalue weighted by atomic mass is 16.5. The maximum atomic E-state index is 12.8. The normalized spacial score (nSPS) is 20.6. The number of rotatable bonds is 4. The fourth-order valence-electron chi connectivity index (χ4n) is 3.98. The lowest BCUT2D eigenvalue weighted by Gasteiger charge is -2.35. The molecule has 1 atom stereocenters. The zero-order valence-corrected chi connectivity index (χ0v) is 15.4. The van der Waals surface area contributed by atoms with Gasteiger partial charge in [-0.2, -0.15) is 0 Å². The van der Waals surface area contributed by atoms with Crippen LogP contribution in [0.3, 0.4) is 0 Å². The van der Waals surface area contributed by atoms with Crippen LogP contribution in [0.2, 0.25) is 0 Å². The molecule has 26 heavy (non-hydrogen) atoms. The second-order valence-electron chi connectivity index (χ2n) is 7.09. The van der Waals surface area contributed by atoms with Crippen molar-refractivity contribution in [2.75, 3.05) is 37.7 Å². The Morgan fingerprint density at radius 1 is 1.12 bits per heavy atom.